The van der Waals surface area contributed by atoms with E-state index in [2.05, 4.69) is 20.6 Å². The van der Waals surface area contributed by atoms with Crippen molar-refractivity contribution in [2.75, 3.05) is 29.5 Å². The molecule has 0 bridgehead atoms. The third-order valence-electron chi connectivity index (χ3n) is 6.02. The number of carboxylic acids is 1. The molecule has 4 rings (SSSR count). The third-order valence-corrected chi connectivity index (χ3v) is 6.02. The second kappa shape index (κ2) is 11.5. The molecular weight excluding hydrogens is 512 g/mol. The molecule has 4 amide bonds. The zero-order valence-corrected chi connectivity index (χ0v) is 20.4. The fourth-order valence-electron chi connectivity index (χ4n) is 4.21. The molecule has 0 saturated carbocycles. The number of aldehydes is 1. The summed E-state index contributed by atoms with van der Waals surface area (Å²) in [6.07, 6.45) is 1.08. The molecule has 1 unspecified atom stereocenters. The van der Waals surface area contributed by atoms with Gasteiger partial charge in [-0.25, -0.2) is 4.98 Å². The molecule has 3 aromatic rings. The molecule has 1 aliphatic heterocycles. The predicted molar refractivity (Wildman–Crippen MR) is 136 cm³/mol. The highest BCUT2D eigenvalue weighted by Gasteiger charge is 2.37. The number of aliphatic hydroxyl groups excluding tert-OH is 1. The molecule has 0 saturated heterocycles. The smallest absolute Gasteiger partial charge is 0.305 e. The maximum absolute atomic E-state index is 13.7. The van der Waals surface area contributed by atoms with E-state index in [0.717, 1.165) is 9.80 Å². The van der Waals surface area contributed by atoms with Crippen molar-refractivity contribution in [2.45, 2.75) is 18.5 Å². The van der Waals surface area contributed by atoms with Crippen molar-refractivity contribution in [2.24, 2.45) is 0 Å². The van der Waals surface area contributed by atoms with E-state index in [1.165, 1.54) is 30.6 Å². The number of aliphatic hydroxyl groups is 1. The zero-order chi connectivity index (χ0) is 28.1. The minimum Gasteiger partial charge on any atom is -0.481 e. The number of amides is 4. The Labute approximate surface area is 220 Å². The third kappa shape index (κ3) is 5.91. The van der Waals surface area contributed by atoms with Gasteiger partial charge in [0.2, 0.25) is 5.91 Å². The van der Waals surface area contributed by atoms with Gasteiger partial charge in [-0.1, -0.05) is 12.1 Å². The quantitative estimate of drug-likeness (QED) is 0.217. The van der Waals surface area contributed by atoms with Crippen molar-refractivity contribution in [3.8, 4) is 0 Å². The largest absolute Gasteiger partial charge is 0.481 e. The fourth-order valence-corrected chi connectivity index (χ4v) is 4.21. The van der Waals surface area contributed by atoms with Crippen LogP contribution in [0.3, 0.4) is 0 Å². The van der Waals surface area contributed by atoms with Crippen LogP contribution in [0.4, 0.5) is 11.4 Å². The summed E-state index contributed by atoms with van der Waals surface area (Å²) >= 11 is 0. The van der Waals surface area contributed by atoms with E-state index in [1.54, 1.807) is 18.2 Å². The van der Waals surface area contributed by atoms with Gasteiger partial charge in [-0.2, -0.15) is 0 Å². The van der Waals surface area contributed by atoms with Crippen molar-refractivity contribution >= 4 is 58.3 Å². The molecule has 1 aliphatic rings. The summed E-state index contributed by atoms with van der Waals surface area (Å²) in [6.45, 7) is -1.87. The molecule has 2 atom stereocenters. The van der Waals surface area contributed by atoms with Gasteiger partial charge >= 0.3 is 5.97 Å². The molecule has 39 heavy (non-hydrogen) atoms. The number of aliphatic carboxylic acids is 1. The summed E-state index contributed by atoms with van der Waals surface area (Å²) in [4.78, 5) is 83.6. The topological polar surface area (TPSA) is 202 Å². The molecular formula is C25H24N6O8. The van der Waals surface area contributed by atoms with Crippen molar-refractivity contribution in [3.63, 3.8) is 0 Å². The van der Waals surface area contributed by atoms with Gasteiger partial charge in [-0.15, -0.1) is 0 Å². The average molecular weight is 537 g/mol. The van der Waals surface area contributed by atoms with Gasteiger partial charge in [0.1, 0.15) is 25.5 Å². The maximum atomic E-state index is 13.7. The highest BCUT2D eigenvalue weighted by molar-refractivity contribution is 6.11. The summed E-state index contributed by atoms with van der Waals surface area (Å²) in [7, 11) is 0. The predicted octanol–water partition coefficient (Wildman–Crippen LogP) is -0.808. The molecule has 1 aromatic heterocycles. The summed E-state index contributed by atoms with van der Waals surface area (Å²) in [5.74, 6) is -4.28. The minimum absolute atomic E-state index is 0.135. The Morgan fingerprint density at radius 1 is 1.15 bits per heavy atom. The second-order valence-corrected chi connectivity index (χ2v) is 8.64. The van der Waals surface area contributed by atoms with Crippen LogP contribution in [0.2, 0.25) is 0 Å². The molecule has 0 fully saturated rings. The second-order valence-electron chi connectivity index (χ2n) is 8.64. The average Bonchev–Trinajstić information content (AvgIpc) is 3.36. The zero-order valence-electron chi connectivity index (χ0n) is 20.4. The number of hydrogen-bond acceptors (Lipinski definition) is 8. The number of aromatic nitrogens is 2. The van der Waals surface area contributed by atoms with Gasteiger partial charge in [0.15, 0.2) is 0 Å². The maximum Gasteiger partial charge on any atom is 0.305 e. The number of carboxylic acid groups (broad SMARTS) is 1. The molecule has 14 heteroatoms. The van der Waals surface area contributed by atoms with Crippen LogP contribution in [-0.4, -0.2) is 87.8 Å². The lowest BCUT2D eigenvalue weighted by Crippen LogP contribution is -2.55. The number of para-hydroxylation sites is 2. The first-order chi connectivity index (χ1) is 18.7. The molecule has 5 N–H and O–H groups in total. The van der Waals surface area contributed by atoms with E-state index < -0.39 is 61.3 Å². The number of rotatable bonds is 9. The Kier molecular flexibility index (Phi) is 7.96. The number of aromatic amines is 1. The molecule has 0 radical (unpaired) electrons. The first-order valence-corrected chi connectivity index (χ1v) is 11.7. The number of anilines is 2. The van der Waals surface area contributed by atoms with Crippen LogP contribution in [0.1, 0.15) is 16.8 Å². The Morgan fingerprint density at radius 3 is 2.59 bits per heavy atom. The Bertz CT molecular complexity index is 1450. The van der Waals surface area contributed by atoms with Gasteiger partial charge in [0, 0.05) is 5.56 Å². The number of nitrogens with zero attached hydrogens (tertiary/aromatic N) is 3. The standard InChI is InChI=1S/C25H24N6O8/c32-11-15(8-23(36)37)28-21(34)10-31-20-4-2-1-3-19(20)30(22(35)12-33)9-18(25(31)39)29-24(38)14-5-6-16-17(7-14)27-13-26-16/h1-7,11,13,15,18,33H,8-10,12H2,(H,26,27)(H,28,34)(H,29,38)(H,36,37)/t15-,18?/m0/s1. The van der Waals surface area contributed by atoms with Crippen LogP contribution in [0.15, 0.2) is 48.8 Å². The summed E-state index contributed by atoms with van der Waals surface area (Å²) in [5, 5.41) is 23.4. The van der Waals surface area contributed by atoms with Crippen LogP contribution < -0.4 is 20.4 Å². The summed E-state index contributed by atoms with van der Waals surface area (Å²) < 4.78 is 0. The van der Waals surface area contributed by atoms with Gasteiger partial charge in [-0.05, 0) is 30.3 Å². The van der Waals surface area contributed by atoms with Crippen LogP contribution >= 0.6 is 0 Å². The lowest BCUT2D eigenvalue weighted by molar-refractivity contribution is -0.139. The first kappa shape index (κ1) is 26.9. The number of H-pyrrole nitrogens is 1. The Morgan fingerprint density at radius 2 is 1.90 bits per heavy atom. The molecule has 14 nitrogen and oxygen atoms in total. The molecule has 2 heterocycles. The number of hydrogen-bond donors (Lipinski definition) is 5. The molecule has 2 aromatic carbocycles. The monoisotopic (exact) mass is 536 g/mol. The Balaban J connectivity index is 1.66. The van der Waals surface area contributed by atoms with E-state index in [1.807, 2.05) is 0 Å². The molecule has 0 aliphatic carbocycles. The van der Waals surface area contributed by atoms with E-state index in [4.69, 9.17) is 5.11 Å². The van der Waals surface area contributed by atoms with Gasteiger partial charge < -0.3 is 35.5 Å². The van der Waals surface area contributed by atoms with E-state index in [9.17, 15) is 33.9 Å². The SMILES string of the molecule is O=C[C@H](CC(=O)O)NC(=O)CN1C(=O)C(NC(=O)c2ccc3nc[nH]c3c2)CN(C(=O)CO)c2ccccc21. The van der Waals surface area contributed by atoms with Gasteiger partial charge in [-0.3, -0.25) is 28.9 Å². The lowest BCUT2D eigenvalue weighted by atomic mass is 10.1. The van der Waals surface area contributed by atoms with E-state index in [0.29, 0.717) is 11.0 Å². The normalized spacial score (nSPS) is 15.7. The van der Waals surface area contributed by atoms with Gasteiger partial charge in [0.25, 0.3) is 17.7 Å². The minimum atomic E-state index is -1.34. The highest BCUT2D eigenvalue weighted by Crippen LogP contribution is 2.33. The highest BCUT2D eigenvalue weighted by atomic mass is 16.4. The van der Waals surface area contributed by atoms with Crippen molar-refractivity contribution < 1.29 is 39.0 Å². The van der Waals surface area contributed by atoms with Crippen molar-refractivity contribution in [1.29, 1.82) is 0 Å². The number of carbonyl (C=O) groups excluding carboxylic acids is 5. The molecule has 0 spiro atoms. The lowest BCUT2D eigenvalue weighted by Gasteiger charge is -2.25. The van der Waals surface area contributed by atoms with Crippen LogP contribution in [0, 0.1) is 0 Å². The molecule has 202 valence electrons. The Hall–Kier alpha value is -5.11. The van der Waals surface area contributed by atoms with Crippen molar-refractivity contribution in [1.82, 2.24) is 20.6 Å². The van der Waals surface area contributed by atoms with Crippen molar-refractivity contribution in [3.05, 3.63) is 54.4 Å². The number of benzene rings is 2. The fraction of sp³-hybridized carbons (Fsp3) is 0.240. The number of carbonyl (C=O) groups is 6. The number of imidazole rings is 1. The first-order valence-electron chi connectivity index (χ1n) is 11.7. The van der Waals surface area contributed by atoms with Crippen LogP contribution in [0.25, 0.3) is 11.0 Å². The van der Waals surface area contributed by atoms with E-state index in [-0.39, 0.29) is 29.8 Å². The number of fused-ring (bicyclic) bond motifs is 2. The van der Waals surface area contributed by atoms with Crippen LogP contribution in [-0.2, 0) is 24.0 Å². The number of nitrogens with one attached hydrogen (secondary N) is 3. The van der Waals surface area contributed by atoms with E-state index >= 15 is 0 Å². The van der Waals surface area contributed by atoms with Crippen LogP contribution in [0.5, 0.6) is 0 Å². The van der Waals surface area contributed by atoms with Gasteiger partial charge in [0.05, 0.1) is 47.7 Å². The summed E-state index contributed by atoms with van der Waals surface area (Å²) in [6, 6.07) is 8.14. The summed E-state index contributed by atoms with van der Waals surface area (Å²) in [5.41, 5.74) is 1.75.